The van der Waals surface area contributed by atoms with Gasteiger partial charge in [-0.2, -0.15) is 0 Å². The normalized spacial score (nSPS) is 18.3. The average molecular weight is 517 g/mol. The van der Waals surface area contributed by atoms with Crippen molar-refractivity contribution >= 4 is 13.3 Å². The van der Waals surface area contributed by atoms with Crippen LogP contribution in [0.5, 0.6) is 11.5 Å². The molecule has 2 amide bonds. The summed E-state index contributed by atoms with van der Waals surface area (Å²) < 4.78 is 13.0. The van der Waals surface area contributed by atoms with Crippen molar-refractivity contribution in [2.45, 2.75) is 45.1 Å². The standard InChI is InChI=1S/C32H32BN3O3/c1-23(2)34-33-38-28-19-11-9-17-26(28)30-31(27-18-10-12-20-29(27)39-33)36(22-25-15-7-4-8-16-25)32(37)35(30)21-24-13-5-3-6-14-24/h3-20,23,30-31,34H,21-22H2,1-2H3/t30-,31-/m0/s1. The monoisotopic (exact) mass is 517 g/mol. The van der Waals surface area contributed by atoms with Crippen LogP contribution in [-0.2, 0) is 13.1 Å². The second kappa shape index (κ2) is 10.9. The fourth-order valence-electron chi connectivity index (χ4n) is 5.57. The van der Waals surface area contributed by atoms with Gasteiger partial charge in [-0.25, -0.2) is 4.79 Å². The van der Waals surface area contributed by atoms with Gasteiger partial charge in [0.05, 0.1) is 12.1 Å². The van der Waals surface area contributed by atoms with Crippen molar-refractivity contribution in [2.24, 2.45) is 0 Å². The van der Waals surface area contributed by atoms with Crippen LogP contribution in [-0.4, -0.2) is 29.1 Å². The van der Waals surface area contributed by atoms with E-state index in [1.807, 2.05) is 82.6 Å². The van der Waals surface area contributed by atoms with Crippen molar-refractivity contribution in [1.82, 2.24) is 15.0 Å². The average Bonchev–Trinajstić information content (AvgIpc) is 3.22. The van der Waals surface area contributed by atoms with Crippen molar-refractivity contribution in [2.75, 3.05) is 0 Å². The van der Waals surface area contributed by atoms with Crippen molar-refractivity contribution < 1.29 is 14.1 Å². The van der Waals surface area contributed by atoms with E-state index in [9.17, 15) is 4.79 Å². The summed E-state index contributed by atoms with van der Waals surface area (Å²) in [5, 5.41) is 3.40. The van der Waals surface area contributed by atoms with Gasteiger partial charge in [-0.05, 0) is 29.3 Å². The van der Waals surface area contributed by atoms with Crippen LogP contribution in [0.4, 0.5) is 4.79 Å². The van der Waals surface area contributed by atoms with Crippen molar-refractivity contribution in [3.05, 3.63) is 131 Å². The lowest BCUT2D eigenvalue weighted by Gasteiger charge is -2.30. The van der Waals surface area contributed by atoms with Gasteiger partial charge in [-0.1, -0.05) is 111 Å². The number of nitrogens with one attached hydrogen (secondary N) is 1. The molecule has 1 N–H and O–H groups in total. The number of para-hydroxylation sites is 2. The van der Waals surface area contributed by atoms with Crippen molar-refractivity contribution in [3.63, 3.8) is 0 Å². The summed E-state index contributed by atoms with van der Waals surface area (Å²) >= 11 is 0. The molecule has 0 aliphatic carbocycles. The molecular weight excluding hydrogens is 485 g/mol. The molecule has 4 aromatic carbocycles. The summed E-state index contributed by atoms with van der Waals surface area (Å²) in [5.41, 5.74) is 4.07. The van der Waals surface area contributed by atoms with Crippen LogP contribution in [0.25, 0.3) is 0 Å². The fourth-order valence-corrected chi connectivity index (χ4v) is 5.57. The van der Waals surface area contributed by atoms with Gasteiger partial charge in [0.1, 0.15) is 11.5 Å². The first kappa shape index (κ1) is 25.1. The highest BCUT2D eigenvalue weighted by molar-refractivity contribution is 6.43. The summed E-state index contributed by atoms with van der Waals surface area (Å²) in [6, 6.07) is 35.9. The van der Waals surface area contributed by atoms with Gasteiger partial charge < -0.3 is 19.1 Å². The summed E-state index contributed by atoms with van der Waals surface area (Å²) in [6.45, 7) is 5.09. The molecule has 2 aliphatic rings. The fraction of sp³-hybridized carbons (Fsp3) is 0.219. The van der Waals surface area contributed by atoms with Gasteiger partial charge >= 0.3 is 13.3 Å². The Bertz CT molecular complexity index is 1330. The minimum atomic E-state index is -0.688. The van der Waals surface area contributed by atoms with E-state index in [1.165, 1.54) is 0 Å². The van der Waals surface area contributed by atoms with Crippen LogP contribution in [0, 0.1) is 0 Å². The van der Waals surface area contributed by atoms with Crippen LogP contribution in [0.3, 0.4) is 0 Å². The smallest absolute Gasteiger partial charge is 0.512 e. The third-order valence-corrected chi connectivity index (χ3v) is 7.27. The zero-order valence-corrected chi connectivity index (χ0v) is 22.2. The van der Waals surface area contributed by atoms with Gasteiger partial charge in [0.15, 0.2) is 0 Å². The Kier molecular flexibility index (Phi) is 6.99. The SMILES string of the molecule is CC(C)NB1Oc2ccccc2[C@H]2[C@H](c3ccccc3O1)N(Cc1ccccc1)C(=O)N2Cc1ccccc1. The molecule has 7 heteroatoms. The molecule has 2 aliphatic heterocycles. The van der Waals surface area contributed by atoms with Crippen LogP contribution >= 0.6 is 0 Å². The molecule has 39 heavy (non-hydrogen) atoms. The molecule has 4 aromatic rings. The molecule has 6 rings (SSSR count). The van der Waals surface area contributed by atoms with E-state index in [0.717, 1.165) is 22.3 Å². The largest absolute Gasteiger partial charge is 0.698 e. The van der Waals surface area contributed by atoms with Crippen LogP contribution in [0.2, 0.25) is 0 Å². The first-order valence-electron chi connectivity index (χ1n) is 13.5. The molecule has 0 spiro atoms. The van der Waals surface area contributed by atoms with Gasteiger partial charge in [-0.15, -0.1) is 0 Å². The van der Waals surface area contributed by atoms with Gasteiger partial charge in [0.25, 0.3) is 0 Å². The highest BCUT2D eigenvalue weighted by Crippen LogP contribution is 2.51. The number of hydrogen-bond donors (Lipinski definition) is 1. The van der Waals surface area contributed by atoms with Crippen molar-refractivity contribution in [3.8, 4) is 11.5 Å². The summed E-state index contributed by atoms with van der Waals surface area (Å²) in [6.07, 6.45) is 0. The van der Waals surface area contributed by atoms with E-state index in [4.69, 9.17) is 9.31 Å². The van der Waals surface area contributed by atoms with Gasteiger partial charge in [-0.3, -0.25) is 5.23 Å². The molecule has 196 valence electrons. The molecule has 1 fully saturated rings. The lowest BCUT2D eigenvalue weighted by molar-refractivity contribution is 0.180. The number of rotatable bonds is 6. The van der Waals surface area contributed by atoms with E-state index in [2.05, 4.69) is 55.5 Å². The van der Waals surface area contributed by atoms with Crippen LogP contribution < -0.4 is 14.5 Å². The Labute approximate surface area is 230 Å². The predicted molar refractivity (Wildman–Crippen MR) is 153 cm³/mol. The Hall–Kier alpha value is -4.23. The molecule has 2 heterocycles. The second-order valence-corrected chi connectivity index (χ2v) is 10.4. The Morgan fingerprint density at radius 3 is 1.51 bits per heavy atom. The van der Waals surface area contributed by atoms with Crippen LogP contribution in [0.1, 0.15) is 48.2 Å². The number of benzene rings is 4. The van der Waals surface area contributed by atoms with E-state index in [0.29, 0.717) is 24.6 Å². The molecule has 1 saturated heterocycles. The summed E-state index contributed by atoms with van der Waals surface area (Å²) in [5.74, 6) is 1.40. The number of nitrogens with zero attached hydrogens (tertiary/aromatic N) is 2. The number of carbonyl (C=O) groups is 1. The highest BCUT2D eigenvalue weighted by Gasteiger charge is 2.50. The number of amides is 2. The van der Waals surface area contributed by atoms with Gasteiger partial charge in [0.2, 0.25) is 0 Å². The molecule has 0 radical (unpaired) electrons. The number of carbonyl (C=O) groups excluding carboxylic acids is 1. The maximum atomic E-state index is 14.4. The Balaban J connectivity index is 1.54. The third kappa shape index (κ3) is 5.10. The molecule has 0 saturated carbocycles. The second-order valence-electron chi connectivity index (χ2n) is 10.4. The van der Waals surface area contributed by atoms with E-state index >= 15 is 0 Å². The molecule has 6 nitrogen and oxygen atoms in total. The molecule has 0 aromatic heterocycles. The van der Waals surface area contributed by atoms with Gasteiger partial charge in [0, 0.05) is 24.2 Å². The Morgan fingerprint density at radius 1 is 0.667 bits per heavy atom. The minimum absolute atomic E-state index is 0.0141. The highest BCUT2D eigenvalue weighted by atomic mass is 16.6. The predicted octanol–water partition coefficient (Wildman–Crippen LogP) is 6.36. The quantitative estimate of drug-likeness (QED) is 0.303. The zero-order valence-electron chi connectivity index (χ0n) is 22.2. The molecule has 2 atom stereocenters. The zero-order chi connectivity index (χ0) is 26.8. The van der Waals surface area contributed by atoms with E-state index in [1.54, 1.807) is 0 Å². The third-order valence-electron chi connectivity index (χ3n) is 7.27. The Morgan fingerprint density at radius 2 is 1.08 bits per heavy atom. The van der Waals surface area contributed by atoms with Crippen molar-refractivity contribution in [1.29, 1.82) is 0 Å². The van der Waals surface area contributed by atoms with E-state index < -0.39 is 7.25 Å². The molecular formula is C32H32BN3O3. The summed E-state index contributed by atoms with van der Waals surface area (Å²) in [4.78, 5) is 18.3. The minimum Gasteiger partial charge on any atom is -0.512 e. The topological polar surface area (TPSA) is 54.0 Å². The number of hydrogen-bond acceptors (Lipinski definition) is 4. The maximum Gasteiger partial charge on any atom is 0.698 e. The lowest BCUT2D eigenvalue weighted by Crippen LogP contribution is -2.49. The lowest BCUT2D eigenvalue weighted by atomic mass is 9.91. The first-order valence-corrected chi connectivity index (χ1v) is 13.5. The molecule has 0 unspecified atom stereocenters. The van der Waals surface area contributed by atoms with Crippen LogP contribution in [0.15, 0.2) is 109 Å². The van der Waals surface area contributed by atoms with E-state index in [-0.39, 0.29) is 24.2 Å². The maximum absolute atomic E-state index is 14.4. The molecule has 0 bridgehead atoms. The summed E-state index contributed by atoms with van der Waals surface area (Å²) in [7, 11) is -0.688. The first-order chi connectivity index (χ1) is 19.1. The number of urea groups is 1. The number of fused-ring (bicyclic) bond motifs is 5.